The van der Waals surface area contributed by atoms with E-state index in [0.29, 0.717) is 0 Å². The van der Waals surface area contributed by atoms with Crippen molar-refractivity contribution >= 4 is 5.69 Å². The van der Waals surface area contributed by atoms with Gasteiger partial charge in [-0.2, -0.15) is 0 Å². The summed E-state index contributed by atoms with van der Waals surface area (Å²) in [6.45, 7) is 0. The Morgan fingerprint density at radius 3 is 2.31 bits per heavy atom. The van der Waals surface area contributed by atoms with E-state index in [1.54, 1.807) is 0 Å². The van der Waals surface area contributed by atoms with Crippen molar-refractivity contribution in [1.29, 1.82) is 0 Å². The highest BCUT2D eigenvalue weighted by molar-refractivity contribution is 5.43. The van der Waals surface area contributed by atoms with E-state index < -0.39 is 0 Å². The van der Waals surface area contributed by atoms with Crippen LogP contribution in [-0.2, 0) is 6.42 Å². The van der Waals surface area contributed by atoms with Crippen LogP contribution < -0.4 is 4.90 Å². The molecular weight excluding hydrogens is 196 g/mol. The molecule has 0 unspecified atom stereocenters. The van der Waals surface area contributed by atoms with E-state index >= 15 is 0 Å². The van der Waals surface area contributed by atoms with Gasteiger partial charge in [-0.05, 0) is 17.7 Å². The van der Waals surface area contributed by atoms with Crippen molar-refractivity contribution in [3.8, 4) is 0 Å². The highest BCUT2D eigenvalue weighted by Crippen LogP contribution is 2.12. The number of pyridine rings is 1. The van der Waals surface area contributed by atoms with Crippen molar-refractivity contribution in [3.05, 3.63) is 59.9 Å². The van der Waals surface area contributed by atoms with Crippen molar-refractivity contribution < 1.29 is 0 Å². The fraction of sp³-hybridized carbons (Fsp3) is 0.214. The van der Waals surface area contributed by atoms with E-state index in [1.165, 1.54) is 5.56 Å². The van der Waals surface area contributed by atoms with Gasteiger partial charge >= 0.3 is 0 Å². The van der Waals surface area contributed by atoms with Gasteiger partial charge in [0, 0.05) is 26.2 Å². The lowest BCUT2D eigenvalue weighted by Gasteiger charge is -2.11. The number of rotatable bonds is 3. The maximum atomic E-state index is 4.45. The summed E-state index contributed by atoms with van der Waals surface area (Å²) >= 11 is 0. The largest absolute Gasteiger partial charge is 0.376 e. The van der Waals surface area contributed by atoms with Crippen LogP contribution >= 0.6 is 0 Å². The topological polar surface area (TPSA) is 16.1 Å². The van der Waals surface area contributed by atoms with E-state index in [1.807, 2.05) is 26.4 Å². The third-order valence-electron chi connectivity index (χ3n) is 2.55. The van der Waals surface area contributed by atoms with E-state index in [-0.39, 0.29) is 0 Å². The molecule has 0 spiro atoms. The number of benzene rings is 1. The van der Waals surface area contributed by atoms with Crippen LogP contribution in [0.15, 0.2) is 48.7 Å². The van der Waals surface area contributed by atoms with Crippen molar-refractivity contribution in [3.63, 3.8) is 0 Å². The normalized spacial score (nSPS) is 10.1. The molecule has 0 fully saturated rings. The summed E-state index contributed by atoms with van der Waals surface area (Å²) in [6, 6.07) is 14.6. The summed E-state index contributed by atoms with van der Waals surface area (Å²) in [4.78, 5) is 6.51. The second kappa shape index (κ2) is 4.79. The lowest BCUT2D eigenvalue weighted by Crippen LogP contribution is -2.09. The molecule has 16 heavy (non-hydrogen) atoms. The molecule has 0 aliphatic rings. The molecule has 0 aliphatic heterocycles. The molecule has 0 saturated carbocycles. The maximum absolute atomic E-state index is 4.45. The highest BCUT2D eigenvalue weighted by atomic mass is 15.1. The number of anilines is 1. The maximum Gasteiger partial charge on any atom is 0.0547 e. The molecule has 1 aromatic carbocycles. The first-order valence-electron chi connectivity index (χ1n) is 5.42. The molecule has 1 heterocycles. The first kappa shape index (κ1) is 10.7. The Balaban J connectivity index is 2.11. The van der Waals surface area contributed by atoms with Crippen LogP contribution in [0.3, 0.4) is 0 Å². The van der Waals surface area contributed by atoms with Gasteiger partial charge in [-0.1, -0.05) is 30.3 Å². The minimum absolute atomic E-state index is 0.897. The molecule has 1 aromatic heterocycles. The van der Waals surface area contributed by atoms with E-state index in [4.69, 9.17) is 0 Å². The Morgan fingerprint density at radius 1 is 1.00 bits per heavy atom. The van der Waals surface area contributed by atoms with Gasteiger partial charge in [-0.15, -0.1) is 0 Å². The molecule has 0 N–H and O–H groups in total. The molecule has 2 heteroatoms. The van der Waals surface area contributed by atoms with Gasteiger partial charge < -0.3 is 4.90 Å². The van der Waals surface area contributed by atoms with Gasteiger partial charge in [-0.25, -0.2) is 0 Å². The Hall–Kier alpha value is -1.83. The fourth-order valence-electron chi connectivity index (χ4n) is 1.59. The summed E-state index contributed by atoms with van der Waals surface area (Å²) in [5.74, 6) is 0. The van der Waals surface area contributed by atoms with Gasteiger partial charge in [0.05, 0.1) is 11.9 Å². The Bertz CT molecular complexity index is 432. The number of hydrogen-bond donors (Lipinski definition) is 0. The summed E-state index contributed by atoms with van der Waals surface area (Å²) in [6.07, 6.45) is 2.81. The summed E-state index contributed by atoms with van der Waals surface area (Å²) in [5, 5.41) is 0. The number of hydrogen-bond acceptors (Lipinski definition) is 2. The Kier molecular flexibility index (Phi) is 3.20. The average molecular weight is 212 g/mol. The van der Waals surface area contributed by atoms with Crippen LogP contribution in [0.25, 0.3) is 0 Å². The first-order chi connectivity index (χ1) is 7.75. The molecule has 2 rings (SSSR count). The second-order valence-electron chi connectivity index (χ2n) is 4.06. The van der Waals surface area contributed by atoms with Crippen molar-refractivity contribution in [2.75, 3.05) is 19.0 Å². The molecule has 0 atom stereocenters. The predicted octanol–water partition coefficient (Wildman–Crippen LogP) is 2.74. The van der Waals surface area contributed by atoms with Crippen LogP contribution in [-0.4, -0.2) is 19.1 Å². The lowest BCUT2D eigenvalue weighted by atomic mass is 10.1. The monoisotopic (exact) mass is 212 g/mol. The van der Waals surface area contributed by atoms with Crippen LogP contribution in [0.4, 0.5) is 5.69 Å². The van der Waals surface area contributed by atoms with Crippen LogP contribution in [0.2, 0.25) is 0 Å². The molecule has 0 radical (unpaired) electrons. The van der Waals surface area contributed by atoms with Crippen molar-refractivity contribution in [2.24, 2.45) is 0 Å². The zero-order chi connectivity index (χ0) is 11.4. The quantitative estimate of drug-likeness (QED) is 0.777. The molecular formula is C14H16N2. The summed E-state index contributed by atoms with van der Waals surface area (Å²) in [5.41, 5.74) is 3.54. The molecule has 0 saturated heterocycles. The van der Waals surface area contributed by atoms with Gasteiger partial charge in [0.1, 0.15) is 0 Å². The minimum Gasteiger partial charge on any atom is -0.376 e. The zero-order valence-corrected chi connectivity index (χ0v) is 9.72. The fourth-order valence-corrected chi connectivity index (χ4v) is 1.59. The highest BCUT2D eigenvalue weighted by Gasteiger charge is 1.98. The minimum atomic E-state index is 0.897. The average Bonchev–Trinajstić information content (AvgIpc) is 2.31. The van der Waals surface area contributed by atoms with E-state index in [2.05, 4.69) is 46.3 Å². The van der Waals surface area contributed by atoms with Gasteiger partial charge in [0.25, 0.3) is 0 Å². The molecule has 2 aromatic rings. The van der Waals surface area contributed by atoms with Crippen LogP contribution in [0.1, 0.15) is 11.3 Å². The van der Waals surface area contributed by atoms with E-state index in [9.17, 15) is 0 Å². The summed E-state index contributed by atoms with van der Waals surface area (Å²) in [7, 11) is 4.04. The molecule has 0 amide bonds. The Labute approximate surface area is 96.6 Å². The lowest BCUT2D eigenvalue weighted by molar-refractivity contribution is 1.05. The molecule has 0 aliphatic carbocycles. The SMILES string of the molecule is CN(C)c1ccc(Cc2ccccc2)nc1. The molecule has 0 bridgehead atoms. The van der Waals surface area contributed by atoms with Gasteiger partial charge in [0.2, 0.25) is 0 Å². The smallest absolute Gasteiger partial charge is 0.0547 e. The van der Waals surface area contributed by atoms with Crippen molar-refractivity contribution in [1.82, 2.24) is 4.98 Å². The predicted molar refractivity (Wildman–Crippen MR) is 67.8 cm³/mol. The van der Waals surface area contributed by atoms with Gasteiger partial charge in [-0.3, -0.25) is 4.98 Å². The zero-order valence-electron chi connectivity index (χ0n) is 9.72. The van der Waals surface area contributed by atoms with Gasteiger partial charge in [0.15, 0.2) is 0 Å². The summed E-state index contributed by atoms with van der Waals surface area (Å²) < 4.78 is 0. The Morgan fingerprint density at radius 2 is 1.75 bits per heavy atom. The van der Waals surface area contributed by atoms with Crippen LogP contribution in [0, 0.1) is 0 Å². The molecule has 82 valence electrons. The standard InChI is InChI=1S/C14H16N2/c1-16(2)14-9-8-13(15-11-14)10-12-6-4-3-5-7-12/h3-9,11H,10H2,1-2H3. The van der Waals surface area contributed by atoms with E-state index in [0.717, 1.165) is 17.8 Å². The third-order valence-corrected chi connectivity index (χ3v) is 2.55. The molecule has 2 nitrogen and oxygen atoms in total. The second-order valence-corrected chi connectivity index (χ2v) is 4.06. The first-order valence-corrected chi connectivity index (χ1v) is 5.42. The van der Waals surface area contributed by atoms with Crippen molar-refractivity contribution in [2.45, 2.75) is 6.42 Å². The number of nitrogens with zero attached hydrogens (tertiary/aromatic N) is 2. The third kappa shape index (κ3) is 2.60. The van der Waals surface area contributed by atoms with Crippen LogP contribution in [0.5, 0.6) is 0 Å². The number of aromatic nitrogens is 1.